The van der Waals surface area contributed by atoms with Crippen LogP contribution >= 0.6 is 0 Å². The number of benzene rings is 1. The fraction of sp³-hybridized carbons (Fsp3) is 0.267. The number of aromatic nitrogens is 1. The molecule has 0 fully saturated rings. The second-order valence-corrected chi connectivity index (χ2v) is 4.79. The highest BCUT2D eigenvalue weighted by atomic mass is 16.4. The first kappa shape index (κ1) is 14.0. The lowest BCUT2D eigenvalue weighted by Gasteiger charge is -2.16. The Hall–Kier alpha value is -2.43. The van der Waals surface area contributed by atoms with Gasteiger partial charge in [0, 0.05) is 17.5 Å². The minimum Gasteiger partial charge on any atom is -0.481 e. The third-order valence-electron chi connectivity index (χ3n) is 3.44. The van der Waals surface area contributed by atoms with Crippen LogP contribution in [0.3, 0.4) is 0 Å². The summed E-state index contributed by atoms with van der Waals surface area (Å²) in [6.07, 6.45) is 1.65. The molecule has 0 bridgehead atoms. The van der Waals surface area contributed by atoms with E-state index >= 15 is 0 Å². The highest BCUT2D eigenvalue weighted by Gasteiger charge is 2.26. The topological polar surface area (TPSA) is 79.3 Å². The third-order valence-corrected chi connectivity index (χ3v) is 3.44. The van der Waals surface area contributed by atoms with Crippen LogP contribution in [0.4, 0.5) is 5.69 Å². The molecule has 0 aliphatic carbocycles. The van der Waals surface area contributed by atoms with Crippen LogP contribution < -0.4 is 5.32 Å². The summed E-state index contributed by atoms with van der Waals surface area (Å²) in [5.41, 5.74) is 1.29. The van der Waals surface area contributed by atoms with Crippen molar-refractivity contribution in [2.45, 2.75) is 13.8 Å². The van der Waals surface area contributed by atoms with Crippen LogP contribution in [0.5, 0.6) is 0 Å². The van der Waals surface area contributed by atoms with Gasteiger partial charge in [-0.3, -0.25) is 14.6 Å². The molecule has 2 unspecified atom stereocenters. The molecule has 104 valence electrons. The van der Waals surface area contributed by atoms with Crippen LogP contribution in [0.15, 0.2) is 36.5 Å². The van der Waals surface area contributed by atoms with Crippen LogP contribution in [-0.2, 0) is 9.59 Å². The Morgan fingerprint density at radius 3 is 2.55 bits per heavy atom. The van der Waals surface area contributed by atoms with E-state index in [0.717, 1.165) is 5.39 Å². The van der Waals surface area contributed by atoms with E-state index in [1.54, 1.807) is 19.2 Å². The van der Waals surface area contributed by atoms with E-state index in [1.165, 1.54) is 6.92 Å². The van der Waals surface area contributed by atoms with E-state index in [2.05, 4.69) is 10.3 Å². The van der Waals surface area contributed by atoms with Gasteiger partial charge in [0.15, 0.2) is 0 Å². The molecule has 0 radical (unpaired) electrons. The second-order valence-electron chi connectivity index (χ2n) is 4.79. The number of fused-ring (bicyclic) bond motifs is 1. The van der Waals surface area contributed by atoms with Crippen molar-refractivity contribution >= 4 is 28.5 Å². The fourth-order valence-corrected chi connectivity index (χ4v) is 1.89. The number of nitrogens with zero attached hydrogens (tertiary/aromatic N) is 1. The Balaban J connectivity index is 2.24. The first-order valence-corrected chi connectivity index (χ1v) is 6.38. The van der Waals surface area contributed by atoms with Gasteiger partial charge in [0.1, 0.15) is 0 Å². The summed E-state index contributed by atoms with van der Waals surface area (Å²) in [4.78, 5) is 27.3. The third kappa shape index (κ3) is 2.77. The van der Waals surface area contributed by atoms with Crippen molar-refractivity contribution in [1.29, 1.82) is 0 Å². The number of carboxylic acid groups (broad SMARTS) is 1. The highest BCUT2D eigenvalue weighted by molar-refractivity contribution is 6.01. The molecule has 2 aromatic rings. The molecule has 0 aliphatic heterocycles. The molecule has 2 atom stereocenters. The average molecular weight is 272 g/mol. The summed E-state index contributed by atoms with van der Waals surface area (Å²) in [5.74, 6) is -2.66. The van der Waals surface area contributed by atoms with Crippen molar-refractivity contribution in [2.75, 3.05) is 5.32 Å². The Morgan fingerprint density at radius 1 is 1.15 bits per heavy atom. The number of amides is 1. The normalized spacial score (nSPS) is 13.7. The predicted molar refractivity (Wildman–Crippen MR) is 76.3 cm³/mol. The number of para-hydroxylation sites is 1. The molecule has 5 heteroatoms. The maximum Gasteiger partial charge on any atom is 0.307 e. The van der Waals surface area contributed by atoms with Gasteiger partial charge in [-0.15, -0.1) is 0 Å². The number of hydrogen-bond donors (Lipinski definition) is 2. The number of hydrogen-bond acceptors (Lipinski definition) is 3. The lowest BCUT2D eigenvalue weighted by atomic mass is 9.95. The minimum atomic E-state index is -0.983. The summed E-state index contributed by atoms with van der Waals surface area (Å²) in [5, 5.41) is 12.6. The first-order chi connectivity index (χ1) is 9.50. The molecule has 1 amide bonds. The number of nitrogens with one attached hydrogen (secondary N) is 1. The molecule has 20 heavy (non-hydrogen) atoms. The maximum absolute atomic E-state index is 12.1. The summed E-state index contributed by atoms with van der Waals surface area (Å²) in [6, 6.07) is 9.21. The number of carbonyl (C=O) groups is 2. The molecule has 2 rings (SSSR count). The first-order valence-electron chi connectivity index (χ1n) is 6.38. The average Bonchev–Trinajstić information content (AvgIpc) is 2.46. The molecular formula is C15H16N2O3. The Kier molecular flexibility index (Phi) is 3.98. The van der Waals surface area contributed by atoms with Gasteiger partial charge in [0.2, 0.25) is 5.91 Å². The minimum absolute atomic E-state index is 0.321. The number of aliphatic carboxylic acids is 1. The monoisotopic (exact) mass is 272 g/mol. The van der Waals surface area contributed by atoms with Crippen LogP contribution in [0.1, 0.15) is 13.8 Å². The summed E-state index contributed by atoms with van der Waals surface area (Å²) in [7, 11) is 0. The van der Waals surface area contributed by atoms with Crippen LogP contribution in [0, 0.1) is 11.8 Å². The maximum atomic E-state index is 12.1. The number of carboxylic acids is 1. The van der Waals surface area contributed by atoms with Crippen molar-refractivity contribution in [3.63, 3.8) is 0 Å². The molecule has 1 aromatic heterocycles. The highest BCUT2D eigenvalue weighted by Crippen LogP contribution is 2.22. The lowest BCUT2D eigenvalue weighted by Crippen LogP contribution is -2.30. The standard InChI is InChI=1S/C15H16N2O3/c1-9(10(2)15(19)20)14(18)17-12-7-3-5-11-6-4-8-16-13(11)12/h3-10H,1-2H3,(H,17,18)(H,19,20). The van der Waals surface area contributed by atoms with E-state index in [-0.39, 0.29) is 5.91 Å². The summed E-state index contributed by atoms with van der Waals surface area (Å²) < 4.78 is 0. The van der Waals surface area contributed by atoms with Gasteiger partial charge >= 0.3 is 5.97 Å². The largest absolute Gasteiger partial charge is 0.481 e. The zero-order chi connectivity index (χ0) is 14.7. The molecule has 0 spiro atoms. The van der Waals surface area contributed by atoms with E-state index < -0.39 is 17.8 Å². The van der Waals surface area contributed by atoms with Crippen molar-refractivity contribution in [3.8, 4) is 0 Å². The van der Waals surface area contributed by atoms with Crippen LogP contribution in [0.25, 0.3) is 10.9 Å². The summed E-state index contributed by atoms with van der Waals surface area (Å²) in [6.45, 7) is 3.13. The Bertz CT molecular complexity index is 649. The molecule has 5 nitrogen and oxygen atoms in total. The number of rotatable bonds is 4. The quantitative estimate of drug-likeness (QED) is 0.896. The van der Waals surface area contributed by atoms with E-state index in [4.69, 9.17) is 5.11 Å². The van der Waals surface area contributed by atoms with E-state index in [0.29, 0.717) is 11.2 Å². The lowest BCUT2D eigenvalue weighted by molar-refractivity contribution is -0.145. The van der Waals surface area contributed by atoms with Gasteiger partial charge < -0.3 is 10.4 Å². The number of carbonyl (C=O) groups excluding carboxylic acids is 1. The van der Waals surface area contributed by atoms with Crippen molar-refractivity contribution in [3.05, 3.63) is 36.5 Å². The SMILES string of the molecule is CC(C(=O)O)C(C)C(=O)Nc1cccc2cccnc12. The van der Waals surface area contributed by atoms with E-state index in [1.807, 2.05) is 24.3 Å². The molecule has 1 heterocycles. The number of pyridine rings is 1. The van der Waals surface area contributed by atoms with Gasteiger partial charge in [-0.05, 0) is 12.1 Å². The van der Waals surface area contributed by atoms with Crippen molar-refractivity contribution in [2.24, 2.45) is 11.8 Å². The molecule has 0 saturated heterocycles. The predicted octanol–water partition coefficient (Wildman–Crippen LogP) is 2.53. The van der Waals surface area contributed by atoms with Crippen LogP contribution in [0.2, 0.25) is 0 Å². The summed E-state index contributed by atoms with van der Waals surface area (Å²) >= 11 is 0. The molecular weight excluding hydrogens is 256 g/mol. The van der Waals surface area contributed by atoms with Gasteiger partial charge in [0.05, 0.1) is 17.1 Å². The van der Waals surface area contributed by atoms with Crippen molar-refractivity contribution in [1.82, 2.24) is 4.98 Å². The molecule has 2 N–H and O–H groups in total. The zero-order valence-electron chi connectivity index (χ0n) is 11.3. The number of anilines is 1. The second kappa shape index (κ2) is 5.69. The van der Waals surface area contributed by atoms with Gasteiger partial charge in [0.25, 0.3) is 0 Å². The van der Waals surface area contributed by atoms with Crippen LogP contribution in [-0.4, -0.2) is 22.0 Å². The Morgan fingerprint density at radius 2 is 1.85 bits per heavy atom. The van der Waals surface area contributed by atoms with Gasteiger partial charge in [-0.1, -0.05) is 32.0 Å². The Labute approximate surface area is 116 Å². The molecule has 0 saturated carbocycles. The van der Waals surface area contributed by atoms with Gasteiger partial charge in [-0.2, -0.15) is 0 Å². The van der Waals surface area contributed by atoms with Crippen molar-refractivity contribution < 1.29 is 14.7 Å². The smallest absolute Gasteiger partial charge is 0.307 e. The van der Waals surface area contributed by atoms with Gasteiger partial charge in [-0.25, -0.2) is 0 Å². The molecule has 1 aromatic carbocycles. The molecule has 0 aliphatic rings. The fourth-order valence-electron chi connectivity index (χ4n) is 1.89. The zero-order valence-corrected chi connectivity index (χ0v) is 11.3. The van der Waals surface area contributed by atoms with E-state index in [9.17, 15) is 9.59 Å².